The molecule has 0 radical (unpaired) electrons. The first-order valence-corrected chi connectivity index (χ1v) is 4.55. The highest BCUT2D eigenvalue weighted by atomic mass is 15.1. The molecule has 1 saturated heterocycles. The third-order valence-electron chi connectivity index (χ3n) is 2.54. The number of piperidine rings is 1. The molecule has 1 atom stereocenters. The molecule has 0 aromatic heterocycles. The van der Waals surface area contributed by atoms with Gasteiger partial charge in [-0.25, -0.2) is 0 Å². The van der Waals surface area contributed by atoms with Gasteiger partial charge in [-0.3, -0.25) is 0 Å². The van der Waals surface area contributed by atoms with E-state index in [1.807, 2.05) is 0 Å². The first kappa shape index (κ1) is 8.12. The smallest absolute Gasteiger partial charge is 0.101 e. The average Bonchev–Trinajstić information content (AvgIpc) is 1.94. The highest BCUT2D eigenvalue weighted by Gasteiger charge is 2.16. The summed E-state index contributed by atoms with van der Waals surface area (Å²) in [4.78, 5) is 2.52. The molecule has 0 aromatic carbocycles. The Labute approximate surface area is 65.2 Å². The molecule has 0 aliphatic carbocycles. The third-order valence-corrected chi connectivity index (χ3v) is 2.54. The van der Waals surface area contributed by atoms with E-state index in [2.05, 4.69) is 19.8 Å². The maximum absolute atomic E-state index is 2.52. The van der Waals surface area contributed by atoms with E-state index >= 15 is 0 Å². The van der Waals surface area contributed by atoms with Crippen LogP contribution in [0.1, 0.15) is 25.7 Å². The van der Waals surface area contributed by atoms with Gasteiger partial charge in [0.25, 0.3) is 0 Å². The highest BCUT2D eigenvalue weighted by Crippen LogP contribution is 2.18. The molecular weight excluding hydrogens is 121 g/mol. The Kier molecular flexibility index (Phi) is 3.27. The van der Waals surface area contributed by atoms with Crippen LogP contribution in [-0.4, -0.2) is 32.4 Å². The summed E-state index contributed by atoms with van der Waals surface area (Å²) in [6, 6.07) is 0.902. The zero-order valence-corrected chi connectivity index (χ0v) is 7.27. The summed E-state index contributed by atoms with van der Waals surface area (Å²) in [5, 5.41) is 0. The van der Waals surface area contributed by atoms with Gasteiger partial charge >= 0.3 is 0 Å². The van der Waals surface area contributed by atoms with Crippen molar-refractivity contribution >= 4 is 7.85 Å². The van der Waals surface area contributed by atoms with Gasteiger partial charge in [0.1, 0.15) is 7.85 Å². The Bertz CT molecular complexity index is 93.3. The molecule has 1 unspecified atom stereocenters. The fourth-order valence-electron chi connectivity index (χ4n) is 1.84. The maximum Gasteiger partial charge on any atom is 0.101 e. The summed E-state index contributed by atoms with van der Waals surface area (Å²) < 4.78 is 0. The van der Waals surface area contributed by atoms with E-state index in [0.29, 0.717) is 0 Å². The second-order valence-electron chi connectivity index (χ2n) is 3.42. The van der Waals surface area contributed by atoms with Crippen molar-refractivity contribution in [1.29, 1.82) is 0 Å². The lowest BCUT2D eigenvalue weighted by atomic mass is 9.92. The van der Waals surface area contributed by atoms with E-state index in [1.54, 1.807) is 0 Å². The van der Waals surface area contributed by atoms with Gasteiger partial charge in [0.15, 0.2) is 0 Å². The predicted octanol–water partition coefficient (Wildman–Crippen LogP) is 0.912. The van der Waals surface area contributed by atoms with E-state index in [1.165, 1.54) is 38.5 Å². The van der Waals surface area contributed by atoms with Crippen molar-refractivity contribution in [2.24, 2.45) is 0 Å². The normalized spacial score (nSPS) is 28.7. The zero-order chi connectivity index (χ0) is 7.40. The molecule has 1 rings (SSSR count). The van der Waals surface area contributed by atoms with Crippen LogP contribution in [0.15, 0.2) is 0 Å². The second-order valence-corrected chi connectivity index (χ2v) is 3.42. The van der Waals surface area contributed by atoms with E-state index in [0.717, 1.165) is 6.04 Å². The molecule has 0 bridgehead atoms. The molecular formula is C8H18BN. The zero-order valence-electron chi connectivity index (χ0n) is 7.27. The predicted molar refractivity (Wildman–Crippen MR) is 48.2 cm³/mol. The summed E-state index contributed by atoms with van der Waals surface area (Å²) >= 11 is 0. The molecule has 0 amide bonds. The van der Waals surface area contributed by atoms with Crippen LogP contribution in [0.3, 0.4) is 0 Å². The van der Waals surface area contributed by atoms with Crippen LogP contribution in [0.25, 0.3) is 0 Å². The fraction of sp³-hybridized carbons (Fsp3) is 1.00. The molecule has 0 aromatic rings. The topological polar surface area (TPSA) is 3.24 Å². The number of likely N-dealkylation sites (tertiary alicyclic amines) is 1. The molecule has 0 saturated carbocycles. The van der Waals surface area contributed by atoms with E-state index in [-0.39, 0.29) is 0 Å². The summed E-state index contributed by atoms with van der Waals surface area (Å²) in [5.41, 5.74) is 0. The van der Waals surface area contributed by atoms with E-state index < -0.39 is 0 Å². The summed E-state index contributed by atoms with van der Waals surface area (Å²) in [6.45, 7) is 1.32. The van der Waals surface area contributed by atoms with Crippen LogP contribution in [0.2, 0.25) is 6.32 Å². The van der Waals surface area contributed by atoms with Crippen molar-refractivity contribution in [1.82, 2.24) is 4.90 Å². The minimum absolute atomic E-state index is 0.902. The molecule has 1 nitrogen and oxygen atoms in total. The summed E-state index contributed by atoms with van der Waals surface area (Å²) in [7, 11) is 4.54. The first-order chi connectivity index (χ1) is 4.84. The molecule has 2 heteroatoms. The van der Waals surface area contributed by atoms with Crippen LogP contribution < -0.4 is 0 Å². The molecule has 1 aliphatic rings. The van der Waals surface area contributed by atoms with Gasteiger partial charge in [-0.15, -0.1) is 0 Å². The van der Waals surface area contributed by atoms with Crippen molar-refractivity contribution in [3.8, 4) is 0 Å². The van der Waals surface area contributed by atoms with Crippen molar-refractivity contribution in [2.45, 2.75) is 38.0 Å². The van der Waals surface area contributed by atoms with Crippen LogP contribution >= 0.6 is 0 Å². The molecule has 1 aliphatic heterocycles. The Hall–Kier alpha value is 0.0249. The lowest BCUT2D eigenvalue weighted by Gasteiger charge is -2.32. The maximum atomic E-state index is 2.52. The molecule has 1 heterocycles. The van der Waals surface area contributed by atoms with Gasteiger partial charge in [-0.05, 0) is 32.9 Å². The molecule has 0 spiro atoms. The van der Waals surface area contributed by atoms with Crippen LogP contribution in [0.5, 0.6) is 0 Å². The van der Waals surface area contributed by atoms with Crippen LogP contribution in [-0.2, 0) is 0 Å². The Morgan fingerprint density at radius 1 is 1.50 bits per heavy atom. The van der Waals surface area contributed by atoms with Crippen molar-refractivity contribution < 1.29 is 0 Å². The first-order valence-electron chi connectivity index (χ1n) is 4.55. The van der Waals surface area contributed by atoms with Gasteiger partial charge in [-0.2, -0.15) is 0 Å². The second kappa shape index (κ2) is 4.02. The van der Waals surface area contributed by atoms with Gasteiger partial charge < -0.3 is 4.90 Å². The van der Waals surface area contributed by atoms with Gasteiger partial charge in [-0.1, -0.05) is 12.7 Å². The van der Waals surface area contributed by atoms with E-state index in [9.17, 15) is 0 Å². The third kappa shape index (κ3) is 2.01. The minimum atomic E-state index is 0.902. The number of hydrogen-bond donors (Lipinski definition) is 0. The van der Waals surface area contributed by atoms with Gasteiger partial charge in [0.2, 0.25) is 0 Å². The van der Waals surface area contributed by atoms with Gasteiger partial charge in [0, 0.05) is 6.04 Å². The number of rotatable bonds is 2. The highest BCUT2D eigenvalue weighted by molar-refractivity contribution is 6.08. The van der Waals surface area contributed by atoms with Crippen molar-refractivity contribution in [3.63, 3.8) is 0 Å². The minimum Gasteiger partial charge on any atom is -0.303 e. The van der Waals surface area contributed by atoms with Crippen LogP contribution in [0, 0.1) is 0 Å². The van der Waals surface area contributed by atoms with Crippen molar-refractivity contribution in [2.75, 3.05) is 13.6 Å². The van der Waals surface area contributed by atoms with Crippen LogP contribution in [0.4, 0.5) is 0 Å². The summed E-state index contributed by atoms with van der Waals surface area (Å²) in [6.07, 6.45) is 7.04. The molecule has 58 valence electrons. The largest absolute Gasteiger partial charge is 0.303 e. The number of nitrogens with zero attached hydrogens (tertiary/aromatic N) is 1. The monoisotopic (exact) mass is 139 g/mol. The Morgan fingerprint density at radius 2 is 2.30 bits per heavy atom. The molecule has 1 fully saturated rings. The summed E-state index contributed by atoms with van der Waals surface area (Å²) in [5.74, 6) is 0. The fourth-order valence-corrected chi connectivity index (χ4v) is 1.84. The Morgan fingerprint density at radius 3 is 2.90 bits per heavy atom. The lowest BCUT2D eigenvalue weighted by Crippen LogP contribution is -2.35. The number of hydrogen-bond acceptors (Lipinski definition) is 1. The van der Waals surface area contributed by atoms with Gasteiger partial charge in [0.05, 0.1) is 0 Å². The average molecular weight is 139 g/mol. The lowest BCUT2D eigenvalue weighted by molar-refractivity contribution is 0.181. The standard InChI is InChI=1S/C8H18BN/c1-10-7-3-2-4-8(10)5-6-9/h8H,2-7,9H2,1H3. The Balaban J connectivity index is 2.25. The van der Waals surface area contributed by atoms with Crippen molar-refractivity contribution in [3.05, 3.63) is 0 Å². The molecule has 10 heavy (non-hydrogen) atoms. The molecule has 0 N–H and O–H groups in total. The SMILES string of the molecule is BCCC1CCCCN1C. The quantitative estimate of drug-likeness (QED) is 0.514. The van der Waals surface area contributed by atoms with E-state index in [4.69, 9.17) is 0 Å².